The zero-order valence-corrected chi connectivity index (χ0v) is 14.3. The molecule has 120 valence electrons. The third kappa shape index (κ3) is 4.11. The standard InChI is InChI=1S/C14H21N5O2S/c1-8(2)13-16-11(18-21-13)6-19(5)10(4)12(20)17-14-15-9(3)7-22-14/h7-8,10H,6H2,1-5H3,(H,15,17,20)/t10-/m0/s1. The van der Waals surface area contributed by atoms with Crippen LogP contribution in [0.15, 0.2) is 9.90 Å². The maximum atomic E-state index is 12.2. The van der Waals surface area contributed by atoms with Crippen LogP contribution in [0.2, 0.25) is 0 Å². The Kier molecular flexibility index (Phi) is 5.25. The Morgan fingerprint density at radius 3 is 2.68 bits per heavy atom. The Bertz CT molecular complexity index is 637. The van der Waals surface area contributed by atoms with E-state index in [0.717, 1.165) is 5.69 Å². The van der Waals surface area contributed by atoms with Crippen molar-refractivity contribution in [3.63, 3.8) is 0 Å². The summed E-state index contributed by atoms with van der Waals surface area (Å²) in [6.07, 6.45) is 0. The van der Waals surface area contributed by atoms with Gasteiger partial charge in [0.25, 0.3) is 0 Å². The van der Waals surface area contributed by atoms with Crippen LogP contribution in [0.3, 0.4) is 0 Å². The van der Waals surface area contributed by atoms with Crippen molar-refractivity contribution in [3.05, 3.63) is 22.8 Å². The van der Waals surface area contributed by atoms with Crippen molar-refractivity contribution >= 4 is 22.4 Å². The Morgan fingerprint density at radius 2 is 2.14 bits per heavy atom. The van der Waals surface area contributed by atoms with E-state index in [0.29, 0.717) is 23.4 Å². The van der Waals surface area contributed by atoms with Gasteiger partial charge in [-0.05, 0) is 20.9 Å². The molecule has 2 aromatic heterocycles. The molecule has 0 fully saturated rings. The highest BCUT2D eigenvalue weighted by atomic mass is 32.1. The summed E-state index contributed by atoms with van der Waals surface area (Å²) in [6, 6.07) is -0.329. The van der Waals surface area contributed by atoms with Crippen molar-refractivity contribution < 1.29 is 9.32 Å². The van der Waals surface area contributed by atoms with E-state index in [1.807, 2.05) is 45.0 Å². The predicted octanol–water partition coefficient (Wildman–Crippen LogP) is 2.42. The fraction of sp³-hybridized carbons (Fsp3) is 0.571. The topological polar surface area (TPSA) is 84.2 Å². The third-order valence-corrected chi connectivity index (χ3v) is 4.13. The van der Waals surface area contributed by atoms with Gasteiger partial charge >= 0.3 is 0 Å². The first-order chi connectivity index (χ1) is 10.4. The SMILES string of the molecule is Cc1csc(NC(=O)[C@H](C)N(C)Cc2noc(C(C)C)n2)n1. The van der Waals surface area contributed by atoms with Crippen LogP contribution < -0.4 is 5.32 Å². The molecule has 0 saturated carbocycles. The van der Waals surface area contributed by atoms with Crippen LogP contribution >= 0.6 is 11.3 Å². The van der Waals surface area contributed by atoms with E-state index in [9.17, 15) is 4.79 Å². The highest BCUT2D eigenvalue weighted by Crippen LogP contribution is 2.16. The Balaban J connectivity index is 1.92. The lowest BCUT2D eigenvalue weighted by Crippen LogP contribution is -2.39. The minimum absolute atomic E-state index is 0.107. The molecular weight excluding hydrogens is 302 g/mol. The lowest BCUT2D eigenvalue weighted by atomic mass is 10.2. The first kappa shape index (κ1) is 16.6. The van der Waals surface area contributed by atoms with Gasteiger partial charge in [0.15, 0.2) is 11.0 Å². The molecule has 1 atom stereocenters. The molecule has 0 aliphatic heterocycles. The molecule has 2 aromatic rings. The Labute approximate surface area is 133 Å². The predicted molar refractivity (Wildman–Crippen MR) is 84.8 cm³/mol. The number of amides is 1. The average Bonchev–Trinajstić information content (AvgIpc) is 3.07. The second-order valence-corrected chi connectivity index (χ2v) is 6.44. The highest BCUT2D eigenvalue weighted by Gasteiger charge is 2.21. The number of likely N-dealkylation sites (N-methyl/N-ethyl adjacent to an activating group) is 1. The van der Waals surface area contributed by atoms with Gasteiger partial charge in [0.05, 0.1) is 18.3 Å². The summed E-state index contributed by atoms with van der Waals surface area (Å²) >= 11 is 1.42. The smallest absolute Gasteiger partial charge is 0.243 e. The summed E-state index contributed by atoms with van der Waals surface area (Å²) in [5, 5.41) is 9.27. The van der Waals surface area contributed by atoms with Crippen LogP contribution in [0.4, 0.5) is 5.13 Å². The normalized spacial score (nSPS) is 12.9. The number of anilines is 1. The molecule has 1 amide bonds. The van der Waals surface area contributed by atoms with Gasteiger partial charge in [-0.2, -0.15) is 4.98 Å². The van der Waals surface area contributed by atoms with Crippen LogP contribution in [-0.2, 0) is 11.3 Å². The fourth-order valence-corrected chi connectivity index (χ4v) is 2.44. The molecule has 2 heterocycles. The molecule has 0 aliphatic rings. The van der Waals surface area contributed by atoms with Crippen LogP contribution in [0.1, 0.15) is 44.1 Å². The Morgan fingerprint density at radius 1 is 1.41 bits per heavy atom. The number of carbonyl (C=O) groups excluding carboxylic acids is 1. The molecule has 0 aliphatic carbocycles. The number of hydrogen-bond donors (Lipinski definition) is 1. The maximum Gasteiger partial charge on any atom is 0.243 e. The van der Waals surface area contributed by atoms with E-state index in [1.54, 1.807) is 0 Å². The summed E-state index contributed by atoms with van der Waals surface area (Å²) < 4.78 is 5.17. The maximum absolute atomic E-state index is 12.2. The first-order valence-electron chi connectivity index (χ1n) is 7.12. The zero-order valence-electron chi connectivity index (χ0n) is 13.5. The number of nitrogens with zero attached hydrogens (tertiary/aromatic N) is 4. The second-order valence-electron chi connectivity index (χ2n) is 5.58. The van der Waals surface area contributed by atoms with Gasteiger partial charge in [0.2, 0.25) is 11.8 Å². The molecule has 22 heavy (non-hydrogen) atoms. The number of aryl methyl sites for hydroxylation is 1. The van der Waals surface area contributed by atoms with Crippen molar-refractivity contribution in [1.29, 1.82) is 0 Å². The summed E-state index contributed by atoms with van der Waals surface area (Å²) in [7, 11) is 1.85. The average molecular weight is 323 g/mol. The van der Waals surface area contributed by atoms with Crippen molar-refractivity contribution in [2.24, 2.45) is 0 Å². The third-order valence-electron chi connectivity index (χ3n) is 3.26. The number of nitrogens with one attached hydrogen (secondary N) is 1. The molecule has 2 rings (SSSR count). The van der Waals surface area contributed by atoms with Gasteiger partial charge in [-0.25, -0.2) is 4.98 Å². The van der Waals surface area contributed by atoms with Gasteiger partial charge < -0.3 is 9.84 Å². The highest BCUT2D eigenvalue weighted by molar-refractivity contribution is 7.13. The molecule has 8 heteroatoms. The minimum Gasteiger partial charge on any atom is -0.339 e. The van der Waals surface area contributed by atoms with Crippen LogP contribution in [0.25, 0.3) is 0 Å². The first-order valence-corrected chi connectivity index (χ1v) is 8.00. The van der Waals surface area contributed by atoms with Crippen LogP contribution in [0, 0.1) is 6.92 Å². The molecule has 0 saturated heterocycles. The Hall–Kier alpha value is -1.80. The van der Waals surface area contributed by atoms with E-state index in [4.69, 9.17) is 4.52 Å². The summed E-state index contributed by atoms with van der Waals surface area (Å²) in [5.74, 6) is 1.28. The summed E-state index contributed by atoms with van der Waals surface area (Å²) in [5.41, 5.74) is 0.898. The molecule has 0 spiro atoms. The largest absolute Gasteiger partial charge is 0.339 e. The lowest BCUT2D eigenvalue weighted by molar-refractivity contribution is -0.120. The van der Waals surface area contributed by atoms with E-state index in [-0.39, 0.29) is 17.9 Å². The molecule has 0 unspecified atom stereocenters. The van der Waals surface area contributed by atoms with Crippen molar-refractivity contribution in [2.75, 3.05) is 12.4 Å². The quantitative estimate of drug-likeness (QED) is 0.879. The van der Waals surface area contributed by atoms with Gasteiger partial charge in [0.1, 0.15) is 0 Å². The number of aromatic nitrogens is 3. The molecule has 1 N–H and O–H groups in total. The summed E-state index contributed by atoms with van der Waals surface area (Å²) in [4.78, 5) is 22.6. The zero-order chi connectivity index (χ0) is 16.3. The molecule has 0 aromatic carbocycles. The van der Waals surface area contributed by atoms with Gasteiger partial charge in [-0.15, -0.1) is 11.3 Å². The van der Waals surface area contributed by atoms with Crippen LogP contribution in [-0.4, -0.2) is 39.0 Å². The van der Waals surface area contributed by atoms with E-state index >= 15 is 0 Å². The second kappa shape index (κ2) is 6.97. The van der Waals surface area contributed by atoms with Crippen LogP contribution in [0.5, 0.6) is 0 Å². The summed E-state index contributed by atoms with van der Waals surface area (Å²) in [6.45, 7) is 8.16. The molecule has 7 nitrogen and oxygen atoms in total. The molecule has 0 radical (unpaired) electrons. The van der Waals surface area contributed by atoms with Crippen molar-refractivity contribution in [1.82, 2.24) is 20.0 Å². The van der Waals surface area contributed by atoms with Crippen molar-refractivity contribution in [2.45, 2.75) is 46.2 Å². The molecular formula is C14H21N5O2S. The lowest BCUT2D eigenvalue weighted by Gasteiger charge is -2.21. The van der Waals surface area contributed by atoms with Crippen molar-refractivity contribution in [3.8, 4) is 0 Å². The van der Waals surface area contributed by atoms with E-state index in [1.165, 1.54) is 11.3 Å². The van der Waals surface area contributed by atoms with E-state index < -0.39 is 0 Å². The van der Waals surface area contributed by atoms with Gasteiger partial charge in [-0.1, -0.05) is 19.0 Å². The monoisotopic (exact) mass is 323 g/mol. The molecule has 0 bridgehead atoms. The number of hydrogen-bond acceptors (Lipinski definition) is 7. The van der Waals surface area contributed by atoms with Gasteiger partial charge in [0, 0.05) is 11.3 Å². The number of rotatable bonds is 6. The van der Waals surface area contributed by atoms with Gasteiger partial charge in [-0.3, -0.25) is 9.69 Å². The number of carbonyl (C=O) groups is 1. The fourth-order valence-electron chi connectivity index (χ4n) is 1.75. The number of thiazole rings is 1. The van der Waals surface area contributed by atoms with E-state index in [2.05, 4.69) is 20.4 Å². The minimum atomic E-state index is -0.329.